The third-order valence-corrected chi connectivity index (χ3v) is 3.81. The first-order valence-corrected chi connectivity index (χ1v) is 7.70. The molecule has 0 aromatic heterocycles. The Bertz CT molecular complexity index is 704. The number of rotatable bonds is 6. The summed E-state index contributed by atoms with van der Waals surface area (Å²) in [6, 6.07) is 13.4. The molecule has 1 atom stereocenters. The SMILES string of the molecule is CCCC(NC(=O)c1ccc([N+](=O)[O-])cc1Cl)c1ccccc1. The van der Waals surface area contributed by atoms with Crippen molar-refractivity contribution in [2.45, 2.75) is 25.8 Å². The van der Waals surface area contributed by atoms with Crippen molar-refractivity contribution in [3.05, 3.63) is 74.8 Å². The molecule has 0 aliphatic rings. The van der Waals surface area contributed by atoms with Gasteiger partial charge in [0, 0.05) is 12.1 Å². The van der Waals surface area contributed by atoms with Gasteiger partial charge in [0.15, 0.2) is 0 Å². The number of nitrogens with one attached hydrogen (secondary N) is 1. The lowest BCUT2D eigenvalue weighted by molar-refractivity contribution is -0.384. The van der Waals surface area contributed by atoms with Gasteiger partial charge in [-0.1, -0.05) is 55.3 Å². The van der Waals surface area contributed by atoms with E-state index in [0.717, 1.165) is 18.4 Å². The van der Waals surface area contributed by atoms with Crippen molar-refractivity contribution < 1.29 is 9.72 Å². The van der Waals surface area contributed by atoms with Gasteiger partial charge in [-0.25, -0.2) is 0 Å². The van der Waals surface area contributed by atoms with Gasteiger partial charge in [-0.2, -0.15) is 0 Å². The van der Waals surface area contributed by atoms with Gasteiger partial charge in [0.05, 0.1) is 21.6 Å². The average Bonchev–Trinajstić information content (AvgIpc) is 2.55. The number of nitrogens with zero attached hydrogens (tertiary/aromatic N) is 1. The molecule has 2 aromatic rings. The molecule has 120 valence electrons. The highest BCUT2D eigenvalue weighted by Crippen LogP contribution is 2.24. The zero-order valence-corrected chi connectivity index (χ0v) is 13.4. The first-order valence-electron chi connectivity index (χ1n) is 7.32. The predicted molar refractivity (Wildman–Crippen MR) is 89.7 cm³/mol. The van der Waals surface area contributed by atoms with E-state index in [-0.39, 0.29) is 28.2 Å². The molecular formula is C17H17ClN2O3. The molecule has 0 saturated heterocycles. The summed E-state index contributed by atoms with van der Waals surface area (Å²) in [4.78, 5) is 22.6. The maximum Gasteiger partial charge on any atom is 0.270 e. The molecule has 2 rings (SSSR count). The summed E-state index contributed by atoms with van der Waals surface area (Å²) >= 11 is 6.01. The van der Waals surface area contributed by atoms with E-state index in [1.54, 1.807) is 0 Å². The van der Waals surface area contributed by atoms with E-state index < -0.39 is 4.92 Å². The number of amides is 1. The molecule has 0 spiro atoms. The van der Waals surface area contributed by atoms with Crippen molar-refractivity contribution in [2.24, 2.45) is 0 Å². The first kappa shape index (κ1) is 17.0. The van der Waals surface area contributed by atoms with Gasteiger partial charge in [-0.05, 0) is 18.1 Å². The van der Waals surface area contributed by atoms with Crippen molar-refractivity contribution in [3.8, 4) is 0 Å². The summed E-state index contributed by atoms with van der Waals surface area (Å²) in [5, 5.41) is 13.7. The van der Waals surface area contributed by atoms with Crippen LogP contribution in [0.25, 0.3) is 0 Å². The molecule has 0 aliphatic carbocycles. The molecule has 0 aliphatic heterocycles. The number of nitro benzene ring substituents is 1. The van der Waals surface area contributed by atoms with E-state index in [4.69, 9.17) is 11.6 Å². The topological polar surface area (TPSA) is 72.2 Å². The van der Waals surface area contributed by atoms with Gasteiger partial charge in [0.25, 0.3) is 11.6 Å². The Morgan fingerprint density at radius 2 is 1.96 bits per heavy atom. The van der Waals surface area contributed by atoms with E-state index in [1.165, 1.54) is 18.2 Å². The van der Waals surface area contributed by atoms with Gasteiger partial charge >= 0.3 is 0 Å². The fourth-order valence-electron chi connectivity index (χ4n) is 2.33. The lowest BCUT2D eigenvalue weighted by Crippen LogP contribution is -2.28. The number of benzene rings is 2. The fraction of sp³-hybridized carbons (Fsp3) is 0.235. The number of non-ortho nitro benzene ring substituents is 1. The Morgan fingerprint density at radius 1 is 1.26 bits per heavy atom. The van der Waals surface area contributed by atoms with Crippen molar-refractivity contribution >= 4 is 23.2 Å². The van der Waals surface area contributed by atoms with Crippen LogP contribution in [0, 0.1) is 10.1 Å². The van der Waals surface area contributed by atoms with E-state index in [9.17, 15) is 14.9 Å². The molecule has 0 fully saturated rings. The number of hydrogen-bond acceptors (Lipinski definition) is 3. The van der Waals surface area contributed by atoms with Crippen LogP contribution in [-0.4, -0.2) is 10.8 Å². The molecular weight excluding hydrogens is 316 g/mol. The summed E-state index contributed by atoms with van der Waals surface area (Å²) in [6.45, 7) is 2.04. The minimum atomic E-state index is -0.544. The van der Waals surface area contributed by atoms with Crippen molar-refractivity contribution in [2.75, 3.05) is 0 Å². The van der Waals surface area contributed by atoms with E-state index in [1.807, 2.05) is 37.3 Å². The highest BCUT2D eigenvalue weighted by Gasteiger charge is 2.18. The first-order chi connectivity index (χ1) is 11.0. The molecule has 1 unspecified atom stereocenters. The minimum absolute atomic E-state index is 0.0695. The molecule has 5 nitrogen and oxygen atoms in total. The molecule has 1 N–H and O–H groups in total. The van der Waals surface area contributed by atoms with Gasteiger partial charge in [-0.3, -0.25) is 14.9 Å². The molecule has 0 radical (unpaired) electrons. The lowest BCUT2D eigenvalue weighted by atomic mass is 10.0. The Hall–Kier alpha value is -2.40. The number of carbonyl (C=O) groups is 1. The van der Waals surface area contributed by atoms with Crippen LogP contribution >= 0.6 is 11.6 Å². The molecule has 0 heterocycles. The fourth-order valence-corrected chi connectivity index (χ4v) is 2.59. The van der Waals surface area contributed by atoms with Crippen LogP contribution in [0.2, 0.25) is 5.02 Å². The third-order valence-electron chi connectivity index (χ3n) is 3.49. The van der Waals surface area contributed by atoms with Crippen LogP contribution in [-0.2, 0) is 0 Å². The second kappa shape index (κ2) is 7.74. The Balaban J connectivity index is 2.20. The summed E-state index contributed by atoms with van der Waals surface area (Å²) in [5.74, 6) is -0.341. The number of halogens is 1. The zero-order chi connectivity index (χ0) is 16.8. The number of hydrogen-bond donors (Lipinski definition) is 1. The van der Waals surface area contributed by atoms with E-state index >= 15 is 0 Å². The second-order valence-corrected chi connectivity index (χ2v) is 5.55. The third kappa shape index (κ3) is 4.29. The zero-order valence-electron chi connectivity index (χ0n) is 12.7. The average molecular weight is 333 g/mol. The predicted octanol–water partition coefficient (Wildman–Crippen LogP) is 4.52. The van der Waals surface area contributed by atoms with Gasteiger partial charge < -0.3 is 5.32 Å². The van der Waals surface area contributed by atoms with Crippen LogP contribution in [0.5, 0.6) is 0 Å². The van der Waals surface area contributed by atoms with Gasteiger partial charge in [0.2, 0.25) is 0 Å². The molecule has 6 heteroatoms. The minimum Gasteiger partial charge on any atom is -0.345 e. The Labute approximate surface area is 139 Å². The van der Waals surface area contributed by atoms with E-state index in [2.05, 4.69) is 5.32 Å². The molecule has 23 heavy (non-hydrogen) atoms. The highest BCUT2D eigenvalue weighted by atomic mass is 35.5. The summed E-state index contributed by atoms with van der Waals surface area (Å²) in [6.07, 6.45) is 1.70. The van der Waals surface area contributed by atoms with Crippen molar-refractivity contribution in [1.82, 2.24) is 5.32 Å². The summed E-state index contributed by atoms with van der Waals surface area (Å²) < 4.78 is 0. The highest BCUT2D eigenvalue weighted by molar-refractivity contribution is 6.34. The monoisotopic (exact) mass is 332 g/mol. The van der Waals surface area contributed by atoms with Crippen molar-refractivity contribution in [1.29, 1.82) is 0 Å². The Morgan fingerprint density at radius 3 is 2.52 bits per heavy atom. The second-order valence-electron chi connectivity index (χ2n) is 5.15. The normalized spacial score (nSPS) is 11.7. The van der Waals surface area contributed by atoms with Gasteiger partial charge in [0.1, 0.15) is 0 Å². The molecule has 1 amide bonds. The van der Waals surface area contributed by atoms with Crippen LogP contribution in [0.1, 0.15) is 41.7 Å². The molecule has 0 saturated carbocycles. The summed E-state index contributed by atoms with van der Waals surface area (Å²) in [5.41, 5.74) is 1.11. The molecule has 0 bridgehead atoms. The van der Waals surface area contributed by atoms with Crippen LogP contribution in [0.15, 0.2) is 48.5 Å². The van der Waals surface area contributed by atoms with Crippen molar-refractivity contribution in [3.63, 3.8) is 0 Å². The van der Waals surface area contributed by atoms with E-state index in [0.29, 0.717) is 0 Å². The van der Waals surface area contributed by atoms with Crippen LogP contribution in [0.3, 0.4) is 0 Å². The van der Waals surface area contributed by atoms with Crippen LogP contribution in [0.4, 0.5) is 5.69 Å². The number of carbonyl (C=O) groups excluding carboxylic acids is 1. The smallest absolute Gasteiger partial charge is 0.270 e. The maximum absolute atomic E-state index is 12.4. The summed E-state index contributed by atoms with van der Waals surface area (Å²) in [7, 11) is 0. The largest absolute Gasteiger partial charge is 0.345 e. The lowest BCUT2D eigenvalue weighted by Gasteiger charge is -2.19. The Kier molecular flexibility index (Phi) is 5.71. The van der Waals surface area contributed by atoms with Crippen LogP contribution < -0.4 is 5.32 Å². The quantitative estimate of drug-likeness (QED) is 0.624. The number of nitro groups is 1. The molecule has 2 aromatic carbocycles. The maximum atomic E-state index is 12.4. The van der Waals surface area contributed by atoms with Gasteiger partial charge in [-0.15, -0.1) is 0 Å². The standard InChI is InChI=1S/C17H17ClN2O3/c1-2-6-16(12-7-4-3-5-8-12)19-17(21)14-10-9-13(20(22)23)11-15(14)18/h3-5,7-11,16H,2,6H2,1H3,(H,19,21).